The van der Waals surface area contributed by atoms with Crippen molar-refractivity contribution in [2.75, 3.05) is 11.9 Å². The Balaban J connectivity index is 1.75. The Kier molecular flexibility index (Phi) is 7.71. The lowest BCUT2D eigenvalue weighted by atomic mass is 10.1. The Morgan fingerprint density at radius 1 is 0.969 bits per heavy atom. The average Bonchev–Trinajstić information content (AvgIpc) is 3.27. The molecule has 0 aliphatic rings. The Morgan fingerprint density at radius 2 is 1.72 bits per heavy atom. The second-order valence-electron chi connectivity index (χ2n) is 8.28. The van der Waals surface area contributed by atoms with Gasteiger partial charge in [0.2, 0.25) is 5.91 Å². The van der Waals surface area contributed by atoms with Gasteiger partial charge in [0.25, 0.3) is 0 Å². The lowest BCUT2D eigenvalue weighted by Gasteiger charge is -2.30. The van der Waals surface area contributed by atoms with Crippen LogP contribution < -0.4 is 5.32 Å². The van der Waals surface area contributed by atoms with Gasteiger partial charge in [-0.15, -0.1) is 0 Å². The van der Waals surface area contributed by atoms with Gasteiger partial charge in [0, 0.05) is 18.3 Å². The number of urea groups is 1. The number of carbonyl (C=O) groups is 2. The number of aryl methyl sites for hydroxylation is 2. The summed E-state index contributed by atoms with van der Waals surface area (Å²) in [6.45, 7) is 8.53. The normalized spacial score (nSPS) is 10.8. The number of nitrogens with one attached hydrogen (secondary N) is 1. The third-order valence-corrected chi connectivity index (χ3v) is 5.31. The lowest BCUT2D eigenvalue weighted by molar-refractivity contribution is -0.133. The van der Waals surface area contributed by atoms with Crippen LogP contribution in [0.5, 0.6) is 0 Å². The van der Waals surface area contributed by atoms with E-state index in [4.69, 9.17) is 4.42 Å². The first-order valence-corrected chi connectivity index (χ1v) is 10.8. The van der Waals surface area contributed by atoms with Crippen molar-refractivity contribution in [2.24, 2.45) is 0 Å². The highest BCUT2D eigenvalue weighted by Gasteiger charge is 2.24. The molecular weight excluding hydrogens is 402 g/mol. The van der Waals surface area contributed by atoms with Gasteiger partial charge in [-0.05, 0) is 57.0 Å². The minimum Gasteiger partial charge on any atom is -0.467 e. The SMILES string of the molecule is Cc1ccc(NC(=O)N(CC(=O)N(Cc2ccccc2)Cc2ccco2)C(C)C)c(C)c1. The van der Waals surface area contributed by atoms with Crippen molar-refractivity contribution < 1.29 is 14.0 Å². The topological polar surface area (TPSA) is 65.8 Å². The van der Waals surface area contributed by atoms with Gasteiger partial charge in [-0.3, -0.25) is 4.79 Å². The highest BCUT2D eigenvalue weighted by atomic mass is 16.3. The largest absolute Gasteiger partial charge is 0.467 e. The maximum Gasteiger partial charge on any atom is 0.322 e. The lowest BCUT2D eigenvalue weighted by Crippen LogP contribution is -2.47. The molecule has 3 amide bonds. The van der Waals surface area contributed by atoms with E-state index >= 15 is 0 Å². The minimum atomic E-state index is -0.294. The molecule has 3 aromatic rings. The molecule has 32 heavy (non-hydrogen) atoms. The highest BCUT2D eigenvalue weighted by Crippen LogP contribution is 2.18. The van der Waals surface area contributed by atoms with Crippen LogP contribution in [0.15, 0.2) is 71.3 Å². The molecule has 0 aliphatic heterocycles. The predicted molar refractivity (Wildman–Crippen MR) is 126 cm³/mol. The summed E-state index contributed by atoms with van der Waals surface area (Å²) >= 11 is 0. The van der Waals surface area contributed by atoms with E-state index in [1.165, 1.54) is 0 Å². The van der Waals surface area contributed by atoms with Crippen LogP contribution in [0.1, 0.15) is 36.3 Å². The first kappa shape index (κ1) is 23.1. The fourth-order valence-corrected chi connectivity index (χ4v) is 3.50. The number of hydrogen-bond donors (Lipinski definition) is 1. The molecule has 3 rings (SSSR count). The number of anilines is 1. The molecule has 0 aliphatic carbocycles. The van der Waals surface area contributed by atoms with Crippen molar-refractivity contribution in [2.45, 2.75) is 46.8 Å². The third kappa shape index (κ3) is 6.23. The molecule has 0 spiro atoms. The summed E-state index contributed by atoms with van der Waals surface area (Å²) in [5, 5.41) is 2.96. The standard InChI is InChI=1S/C26H31N3O3/c1-19(2)29(26(31)27-24-13-12-20(3)15-21(24)4)18-25(30)28(17-23-11-8-14-32-23)16-22-9-6-5-7-10-22/h5-15,19H,16-18H2,1-4H3,(H,27,31). The van der Waals surface area contributed by atoms with Gasteiger partial charge in [0.05, 0.1) is 12.8 Å². The van der Waals surface area contributed by atoms with Crippen LogP contribution in [0.25, 0.3) is 0 Å². The number of benzene rings is 2. The van der Waals surface area contributed by atoms with E-state index in [1.807, 2.05) is 82.3 Å². The fraction of sp³-hybridized carbons (Fsp3) is 0.308. The van der Waals surface area contributed by atoms with Gasteiger partial charge >= 0.3 is 6.03 Å². The summed E-state index contributed by atoms with van der Waals surface area (Å²) in [6.07, 6.45) is 1.60. The smallest absolute Gasteiger partial charge is 0.322 e. The second-order valence-corrected chi connectivity index (χ2v) is 8.28. The molecule has 6 nitrogen and oxygen atoms in total. The van der Waals surface area contributed by atoms with E-state index in [1.54, 1.807) is 22.1 Å². The maximum atomic E-state index is 13.3. The van der Waals surface area contributed by atoms with Crippen LogP contribution in [0.4, 0.5) is 10.5 Å². The summed E-state index contributed by atoms with van der Waals surface area (Å²) in [5.41, 5.74) is 3.88. The minimum absolute atomic E-state index is 0.0258. The molecule has 1 aromatic heterocycles. The zero-order chi connectivity index (χ0) is 23.1. The predicted octanol–water partition coefficient (Wildman–Crippen LogP) is 5.37. The number of carbonyl (C=O) groups excluding carboxylic acids is 2. The van der Waals surface area contributed by atoms with Crippen LogP contribution in [0, 0.1) is 13.8 Å². The summed E-state index contributed by atoms with van der Waals surface area (Å²) in [7, 11) is 0. The molecule has 1 N–H and O–H groups in total. The molecule has 0 saturated heterocycles. The van der Waals surface area contributed by atoms with Crippen LogP contribution in [0.2, 0.25) is 0 Å². The van der Waals surface area contributed by atoms with Gasteiger partial charge in [-0.25, -0.2) is 4.79 Å². The zero-order valence-electron chi connectivity index (χ0n) is 19.2. The molecular formula is C26H31N3O3. The van der Waals surface area contributed by atoms with Crippen LogP contribution >= 0.6 is 0 Å². The van der Waals surface area contributed by atoms with Gasteiger partial charge < -0.3 is 19.5 Å². The van der Waals surface area contributed by atoms with Gasteiger partial charge in [-0.2, -0.15) is 0 Å². The zero-order valence-corrected chi connectivity index (χ0v) is 19.2. The molecule has 0 fully saturated rings. The van der Waals surface area contributed by atoms with Crippen molar-refractivity contribution in [3.63, 3.8) is 0 Å². The van der Waals surface area contributed by atoms with E-state index in [0.29, 0.717) is 18.8 Å². The Labute approximate surface area is 189 Å². The van der Waals surface area contributed by atoms with Crippen molar-refractivity contribution in [1.82, 2.24) is 9.80 Å². The van der Waals surface area contributed by atoms with E-state index < -0.39 is 0 Å². The Morgan fingerprint density at radius 3 is 2.34 bits per heavy atom. The molecule has 6 heteroatoms. The monoisotopic (exact) mass is 433 g/mol. The van der Waals surface area contributed by atoms with Gasteiger partial charge in [-0.1, -0.05) is 48.0 Å². The molecule has 168 valence electrons. The number of hydrogen-bond acceptors (Lipinski definition) is 3. The third-order valence-electron chi connectivity index (χ3n) is 5.31. The van der Waals surface area contributed by atoms with Crippen LogP contribution in [0.3, 0.4) is 0 Å². The molecule has 0 saturated carbocycles. The quantitative estimate of drug-likeness (QED) is 0.519. The average molecular weight is 434 g/mol. The van der Waals surface area contributed by atoms with Crippen LogP contribution in [-0.4, -0.2) is 34.3 Å². The number of rotatable bonds is 8. The fourth-order valence-electron chi connectivity index (χ4n) is 3.50. The maximum absolute atomic E-state index is 13.3. The summed E-state index contributed by atoms with van der Waals surface area (Å²) in [5.74, 6) is 0.555. The summed E-state index contributed by atoms with van der Waals surface area (Å²) in [6, 6.07) is 18.9. The van der Waals surface area contributed by atoms with E-state index in [0.717, 1.165) is 22.4 Å². The highest BCUT2D eigenvalue weighted by molar-refractivity contribution is 5.93. The Bertz CT molecular complexity index is 1030. The van der Waals surface area contributed by atoms with Gasteiger partial charge in [0.1, 0.15) is 12.3 Å². The Hall–Kier alpha value is -3.54. The summed E-state index contributed by atoms with van der Waals surface area (Å²) in [4.78, 5) is 29.6. The van der Waals surface area contributed by atoms with Crippen LogP contribution in [-0.2, 0) is 17.9 Å². The molecule has 0 bridgehead atoms. The molecule has 0 unspecified atom stereocenters. The molecule has 0 atom stereocenters. The van der Waals surface area contributed by atoms with E-state index in [9.17, 15) is 9.59 Å². The number of nitrogens with zero attached hydrogens (tertiary/aromatic N) is 2. The number of amides is 3. The first-order valence-electron chi connectivity index (χ1n) is 10.8. The second kappa shape index (κ2) is 10.7. The van der Waals surface area contributed by atoms with Crippen molar-refractivity contribution in [3.8, 4) is 0 Å². The van der Waals surface area contributed by atoms with Crippen molar-refractivity contribution >= 4 is 17.6 Å². The van der Waals surface area contributed by atoms with Crippen molar-refractivity contribution in [3.05, 3.63) is 89.4 Å². The first-order chi connectivity index (χ1) is 15.3. The molecule has 2 aromatic carbocycles. The van der Waals surface area contributed by atoms with Gasteiger partial charge in [0.15, 0.2) is 0 Å². The molecule has 1 heterocycles. The van der Waals surface area contributed by atoms with E-state index in [-0.39, 0.29) is 24.5 Å². The summed E-state index contributed by atoms with van der Waals surface area (Å²) < 4.78 is 5.47. The van der Waals surface area contributed by atoms with Crippen molar-refractivity contribution in [1.29, 1.82) is 0 Å². The molecule has 0 radical (unpaired) electrons. The van der Waals surface area contributed by atoms with E-state index in [2.05, 4.69) is 5.32 Å². The number of furan rings is 1.